The van der Waals surface area contributed by atoms with Gasteiger partial charge in [-0.05, 0) is 46.3 Å². The molecule has 144 valence electrons. The van der Waals surface area contributed by atoms with Crippen molar-refractivity contribution in [3.63, 3.8) is 0 Å². The summed E-state index contributed by atoms with van der Waals surface area (Å²) in [6.45, 7) is 0. The van der Waals surface area contributed by atoms with Crippen molar-refractivity contribution in [2.24, 2.45) is 0 Å². The number of rotatable bonds is 4. The van der Waals surface area contributed by atoms with E-state index in [0.29, 0.717) is 26.2 Å². The highest BCUT2D eigenvalue weighted by Gasteiger charge is 2.21. The molecule has 2 heterocycles. The summed E-state index contributed by atoms with van der Waals surface area (Å²) in [5.41, 5.74) is 0.779. The van der Waals surface area contributed by atoms with E-state index in [1.807, 2.05) is 0 Å². The van der Waals surface area contributed by atoms with E-state index < -0.39 is 5.91 Å². The molecule has 0 atom stereocenters. The molecule has 7 nitrogen and oxygen atoms in total. The number of benzene rings is 1. The number of anilines is 1. The Hall–Kier alpha value is -2.42. The van der Waals surface area contributed by atoms with Crippen LogP contribution in [0.4, 0.5) is 5.69 Å². The Bertz CT molecular complexity index is 1070. The van der Waals surface area contributed by atoms with Crippen LogP contribution in [0.5, 0.6) is 0 Å². The molecule has 3 rings (SSSR count). The molecular weight excluding hydrogens is 469 g/mol. The van der Waals surface area contributed by atoms with Gasteiger partial charge in [-0.2, -0.15) is 5.10 Å². The summed E-state index contributed by atoms with van der Waals surface area (Å²) in [7, 11) is 3.23. The predicted octanol–water partition coefficient (Wildman–Crippen LogP) is 4.29. The molecule has 0 aliphatic heterocycles. The number of carbonyl (C=O) groups excluding carboxylic acids is 2. The topological polar surface area (TPSA) is 80.1 Å². The maximum absolute atomic E-state index is 12.9. The maximum Gasteiger partial charge on any atom is 0.274 e. The smallest absolute Gasteiger partial charge is 0.274 e. The molecular formula is C18H14BrCl2N5O2. The lowest BCUT2D eigenvalue weighted by Gasteiger charge is -2.15. The van der Waals surface area contributed by atoms with Gasteiger partial charge < -0.3 is 10.2 Å². The fourth-order valence-electron chi connectivity index (χ4n) is 2.44. The molecule has 0 fully saturated rings. The first-order valence-electron chi connectivity index (χ1n) is 7.97. The van der Waals surface area contributed by atoms with E-state index in [-0.39, 0.29) is 17.2 Å². The molecule has 0 bridgehead atoms. The molecule has 0 saturated heterocycles. The van der Waals surface area contributed by atoms with Crippen molar-refractivity contribution in [2.75, 3.05) is 19.4 Å². The average Bonchev–Trinajstić information content (AvgIpc) is 3.04. The summed E-state index contributed by atoms with van der Waals surface area (Å²) in [5.74, 6) is -0.476. The Morgan fingerprint density at radius 3 is 2.61 bits per heavy atom. The monoisotopic (exact) mass is 481 g/mol. The van der Waals surface area contributed by atoms with Crippen LogP contribution in [0.15, 0.2) is 47.2 Å². The highest BCUT2D eigenvalue weighted by atomic mass is 79.9. The molecule has 2 aromatic heterocycles. The lowest BCUT2D eigenvalue weighted by atomic mass is 10.1. The zero-order valence-corrected chi connectivity index (χ0v) is 17.9. The van der Waals surface area contributed by atoms with Crippen LogP contribution in [-0.4, -0.2) is 45.6 Å². The van der Waals surface area contributed by atoms with E-state index in [4.69, 9.17) is 23.2 Å². The third-order valence-electron chi connectivity index (χ3n) is 3.72. The highest BCUT2D eigenvalue weighted by Crippen LogP contribution is 2.25. The van der Waals surface area contributed by atoms with E-state index in [1.165, 1.54) is 21.7 Å². The summed E-state index contributed by atoms with van der Waals surface area (Å²) in [6, 6.07) is 9.52. The first-order chi connectivity index (χ1) is 13.3. The normalized spacial score (nSPS) is 10.6. The van der Waals surface area contributed by atoms with Gasteiger partial charge in [-0.1, -0.05) is 23.2 Å². The number of carbonyl (C=O) groups is 2. The van der Waals surface area contributed by atoms with Gasteiger partial charge in [-0.25, -0.2) is 9.67 Å². The molecule has 0 saturated carbocycles. The summed E-state index contributed by atoms with van der Waals surface area (Å²) in [6.07, 6.45) is 1.55. The van der Waals surface area contributed by atoms with Gasteiger partial charge in [-0.15, -0.1) is 0 Å². The number of pyridine rings is 1. The van der Waals surface area contributed by atoms with Gasteiger partial charge in [0.2, 0.25) is 0 Å². The van der Waals surface area contributed by atoms with Crippen molar-refractivity contribution in [2.45, 2.75) is 0 Å². The number of aromatic nitrogens is 3. The number of nitrogens with zero attached hydrogens (tertiary/aromatic N) is 4. The Balaban J connectivity index is 2.00. The Morgan fingerprint density at radius 2 is 1.93 bits per heavy atom. The summed E-state index contributed by atoms with van der Waals surface area (Å²) < 4.78 is 1.76. The summed E-state index contributed by atoms with van der Waals surface area (Å²) >= 11 is 15.5. The van der Waals surface area contributed by atoms with Crippen molar-refractivity contribution < 1.29 is 9.59 Å². The molecule has 0 radical (unpaired) electrons. The highest BCUT2D eigenvalue weighted by molar-refractivity contribution is 9.10. The van der Waals surface area contributed by atoms with Crippen LogP contribution in [-0.2, 0) is 0 Å². The van der Waals surface area contributed by atoms with Gasteiger partial charge in [0.05, 0.1) is 16.3 Å². The van der Waals surface area contributed by atoms with Gasteiger partial charge >= 0.3 is 0 Å². The molecule has 10 heteroatoms. The molecule has 1 N–H and O–H groups in total. The van der Waals surface area contributed by atoms with Crippen LogP contribution in [0.25, 0.3) is 5.82 Å². The van der Waals surface area contributed by atoms with Crippen LogP contribution < -0.4 is 5.32 Å². The second-order valence-electron chi connectivity index (χ2n) is 5.92. The quantitative estimate of drug-likeness (QED) is 0.601. The number of halogens is 3. The molecule has 0 spiro atoms. The minimum atomic E-state index is -0.491. The lowest BCUT2D eigenvalue weighted by Crippen LogP contribution is -2.24. The van der Waals surface area contributed by atoms with Crippen molar-refractivity contribution >= 4 is 56.6 Å². The fourth-order valence-corrected chi connectivity index (χ4v) is 3.19. The molecule has 0 unspecified atom stereocenters. The van der Waals surface area contributed by atoms with Crippen LogP contribution in [0.1, 0.15) is 20.8 Å². The fraction of sp³-hybridized carbons (Fsp3) is 0.111. The largest absolute Gasteiger partial charge is 0.345 e. The second kappa shape index (κ2) is 8.30. The number of hydrogen-bond donors (Lipinski definition) is 1. The van der Waals surface area contributed by atoms with Gasteiger partial charge in [0.15, 0.2) is 5.82 Å². The van der Waals surface area contributed by atoms with Crippen LogP contribution in [0.2, 0.25) is 10.0 Å². The molecule has 28 heavy (non-hydrogen) atoms. The molecule has 0 aliphatic rings. The van der Waals surface area contributed by atoms with E-state index in [9.17, 15) is 9.59 Å². The first-order valence-corrected chi connectivity index (χ1v) is 9.52. The summed E-state index contributed by atoms with van der Waals surface area (Å²) in [4.78, 5) is 31.0. The first kappa shape index (κ1) is 20.3. The minimum absolute atomic E-state index is 0.186. The zero-order valence-electron chi connectivity index (χ0n) is 14.8. The van der Waals surface area contributed by atoms with Gasteiger partial charge in [0, 0.05) is 31.4 Å². The van der Waals surface area contributed by atoms with Gasteiger partial charge in [0.25, 0.3) is 11.8 Å². The van der Waals surface area contributed by atoms with Crippen LogP contribution in [0, 0.1) is 0 Å². The van der Waals surface area contributed by atoms with Crippen molar-refractivity contribution in [3.8, 4) is 5.82 Å². The summed E-state index contributed by atoms with van der Waals surface area (Å²) in [5, 5.41) is 7.69. The maximum atomic E-state index is 12.9. The number of nitrogens with one attached hydrogen (secondary N) is 1. The second-order valence-corrected chi connectivity index (χ2v) is 7.57. The van der Waals surface area contributed by atoms with E-state index in [1.54, 1.807) is 44.6 Å². The van der Waals surface area contributed by atoms with Crippen LogP contribution in [0.3, 0.4) is 0 Å². The van der Waals surface area contributed by atoms with Crippen molar-refractivity contribution in [1.82, 2.24) is 19.7 Å². The molecule has 0 aliphatic carbocycles. The Kier molecular flexibility index (Phi) is 6.02. The van der Waals surface area contributed by atoms with E-state index >= 15 is 0 Å². The molecule has 1 aromatic carbocycles. The number of amides is 2. The van der Waals surface area contributed by atoms with Crippen molar-refractivity contribution in [1.29, 1.82) is 0 Å². The molecule has 2 amide bonds. The van der Waals surface area contributed by atoms with Gasteiger partial charge in [0.1, 0.15) is 10.3 Å². The van der Waals surface area contributed by atoms with E-state index in [2.05, 4.69) is 31.3 Å². The zero-order chi connectivity index (χ0) is 20.4. The standard InChI is InChI=1S/C18H14BrCl2N5O2/c1-25(2)18(28)11-8-10(20)5-6-13(11)23-17(27)14-9-15(19)24-26(14)16-12(21)4-3-7-22-16/h3-9H,1-2H3,(H,23,27). The third-order valence-corrected chi connectivity index (χ3v) is 4.64. The number of hydrogen-bond acceptors (Lipinski definition) is 4. The third kappa shape index (κ3) is 4.19. The van der Waals surface area contributed by atoms with Gasteiger partial charge in [-0.3, -0.25) is 9.59 Å². The predicted molar refractivity (Wildman–Crippen MR) is 111 cm³/mol. The average molecular weight is 483 g/mol. The SMILES string of the molecule is CN(C)C(=O)c1cc(Cl)ccc1NC(=O)c1cc(Br)nn1-c1ncccc1Cl. The Labute approximate surface area is 179 Å². The minimum Gasteiger partial charge on any atom is -0.345 e. The van der Waals surface area contributed by atoms with Crippen LogP contribution >= 0.6 is 39.1 Å². The molecule has 3 aromatic rings. The Morgan fingerprint density at radius 1 is 1.18 bits per heavy atom. The van der Waals surface area contributed by atoms with E-state index in [0.717, 1.165) is 0 Å². The van der Waals surface area contributed by atoms with Crippen molar-refractivity contribution in [3.05, 3.63) is 68.5 Å². The lowest BCUT2D eigenvalue weighted by molar-refractivity contribution is 0.0828.